The van der Waals surface area contributed by atoms with Gasteiger partial charge in [0, 0.05) is 24.2 Å². The number of alkyl halides is 6. The van der Waals surface area contributed by atoms with Gasteiger partial charge in [-0.3, -0.25) is 4.79 Å². The molecule has 0 saturated carbocycles. The normalized spacial score (nSPS) is 20.4. The molecule has 0 aliphatic carbocycles. The van der Waals surface area contributed by atoms with Crippen LogP contribution in [-0.2, 0) is 36.3 Å². The number of rotatable bonds is 8. The highest BCUT2D eigenvalue weighted by Gasteiger charge is 2.73. The average Bonchev–Trinajstić information content (AvgIpc) is 3.49. The van der Waals surface area contributed by atoms with Gasteiger partial charge in [0.05, 0.1) is 11.5 Å². The lowest BCUT2D eigenvalue weighted by Crippen LogP contribution is -2.56. The number of halogens is 9. The van der Waals surface area contributed by atoms with Gasteiger partial charge < -0.3 is 20.1 Å². The predicted molar refractivity (Wildman–Crippen MR) is 155 cm³/mol. The summed E-state index contributed by atoms with van der Waals surface area (Å²) in [7, 11) is -4.66. The number of nitrogens with one attached hydrogen (secondary N) is 1. The summed E-state index contributed by atoms with van der Waals surface area (Å²) in [6, 6.07) is 7.77. The van der Waals surface area contributed by atoms with Crippen LogP contribution in [0.5, 0.6) is 0 Å². The number of piperidine rings is 1. The smallest absolute Gasteiger partial charge is 0.380 e. The van der Waals surface area contributed by atoms with E-state index in [2.05, 4.69) is 10.1 Å². The van der Waals surface area contributed by atoms with Crippen molar-refractivity contribution in [2.75, 3.05) is 26.2 Å². The molecule has 0 bridgehead atoms. The fourth-order valence-corrected chi connectivity index (χ4v) is 8.43. The van der Waals surface area contributed by atoms with Crippen molar-refractivity contribution in [1.29, 1.82) is 0 Å². The van der Waals surface area contributed by atoms with Gasteiger partial charge in [-0.25, -0.2) is 21.6 Å². The Morgan fingerprint density at radius 1 is 0.837 bits per heavy atom. The quantitative estimate of drug-likeness (QED) is 0.230. The van der Waals surface area contributed by atoms with Crippen LogP contribution in [0.1, 0.15) is 36.0 Å². The van der Waals surface area contributed by atoms with E-state index in [0.717, 1.165) is 35.2 Å². The molecule has 2 aliphatic heterocycles. The first-order valence-corrected chi connectivity index (χ1v) is 16.3. The molecule has 2 saturated heterocycles. The second-order valence-electron chi connectivity index (χ2n) is 12.0. The summed E-state index contributed by atoms with van der Waals surface area (Å²) in [5.74, 6) is -4.49. The summed E-state index contributed by atoms with van der Waals surface area (Å²) in [5.41, 5.74) is -10.0. The summed E-state index contributed by atoms with van der Waals surface area (Å²) in [6.07, 6.45) is -12.9. The molecule has 0 aromatic heterocycles. The molecule has 2 fully saturated rings. The van der Waals surface area contributed by atoms with E-state index in [9.17, 15) is 57.8 Å². The van der Waals surface area contributed by atoms with Crippen molar-refractivity contribution < 1.29 is 62.6 Å². The Balaban J connectivity index is 1.61. The molecule has 2 N–H and O–H groups in total. The van der Waals surface area contributed by atoms with Crippen LogP contribution in [0.25, 0.3) is 0 Å². The van der Waals surface area contributed by atoms with Crippen LogP contribution in [0.2, 0.25) is 0 Å². The second-order valence-corrected chi connectivity index (χ2v) is 14.2. The summed E-state index contributed by atoms with van der Waals surface area (Å²) < 4.78 is 160. The first kappa shape index (κ1) is 36.6. The van der Waals surface area contributed by atoms with Crippen molar-refractivity contribution in [2.45, 2.75) is 59.1 Å². The van der Waals surface area contributed by atoms with Crippen LogP contribution in [-0.4, -0.2) is 68.5 Å². The Morgan fingerprint density at radius 3 is 1.92 bits per heavy atom. The molecule has 7 nitrogen and oxygen atoms in total. The van der Waals surface area contributed by atoms with Crippen molar-refractivity contribution in [3.8, 4) is 0 Å². The van der Waals surface area contributed by atoms with Crippen molar-refractivity contribution in [3.05, 3.63) is 101 Å². The minimum absolute atomic E-state index is 0.00247. The largest absolute Gasteiger partial charge is 0.430 e. The van der Waals surface area contributed by atoms with E-state index < -0.39 is 97.1 Å². The Bertz CT molecular complexity index is 1760. The van der Waals surface area contributed by atoms with Gasteiger partial charge in [-0.2, -0.15) is 26.3 Å². The highest BCUT2D eigenvalue weighted by Crippen LogP contribution is 2.54. The first-order chi connectivity index (χ1) is 22.8. The molecule has 3 aromatic rings. The molecule has 2 heterocycles. The summed E-state index contributed by atoms with van der Waals surface area (Å²) in [6.45, 7) is -2.13. The van der Waals surface area contributed by atoms with Crippen LogP contribution in [0.3, 0.4) is 0 Å². The Morgan fingerprint density at radius 2 is 1.39 bits per heavy atom. The van der Waals surface area contributed by atoms with E-state index >= 15 is 0 Å². The van der Waals surface area contributed by atoms with E-state index in [-0.39, 0.29) is 38.0 Å². The molecule has 266 valence electrons. The third kappa shape index (κ3) is 6.30. The second kappa shape index (κ2) is 12.9. The zero-order valence-corrected chi connectivity index (χ0v) is 26.2. The number of amides is 1. The van der Waals surface area contributed by atoms with Crippen molar-refractivity contribution in [1.82, 2.24) is 10.2 Å². The lowest BCUT2D eigenvalue weighted by molar-refractivity contribution is -0.392. The van der Waals surface area contributed by atoms with Crippen LogP contribution in [0, 0.1) is 17.5 Å². The molecular weight excluding hydrogens is 695 g/mol. The molecule has 1 amide bonds. The van der Waals surface area contributed by atoms with E-state index in [1.807, 2.05) is 0 Å². The van der Waals surface area contributed by atoms with E-state index in [0.29, 0.717) is 36.4 Å². The highest BCUT2D eigenvalue weighted by atomic mass is 32.2. The fraction of sp³-hybridized carbons (Fsp3) is 0.406. The molecule has 49 heavy (non-hydrogen) atoms. The number of hydrogen-bond acceptors (Lipinski definition) is 6. The van der Waals surface area contributed by atoms with Gasteiger partial charge in [-0.05, 0) is 74.3 Å². The topological polar surface area (TPSA) is 95.9 Å². The third-order valence-electron chi connectivity index (χ3n) is 9.10. The lowest BCUT2D eigenvalue weighted by Gasteiger charge is -2.38. The molecule has 1 atom stereocenters. The maximum atomic E-state index is 14.5. The highest BCUT2D eigenvalue weighted by molar-refractivity contribution is 7.92. The molecule has 3 aromatic carbocycles. The van der Waals surface area contributed by atoms with Crippen LogP contribution >= 0.6 is 0 Å². The number of carbonyl (C=O) groups is 1. The third-order valence-corrected chi connectivity index (χ3v) is 11.6. The molecular formula is C32H29F9N2O5S. The summed E-state index contributed by atoms with van der Waals surface area (Å²) in [5, 5.41) is 14.0. The number of likely N-dealkylation sites (tertiary alicyclic amines) is 1. The summed E-state index contributed by atoms with van der Waals surface area (Å²) >= 11 is 0. The molecule has 2 aliphatic rings. The first-order valence-electron chi connectivity index (χ1n) is 14.8. The maximum Gasteiger partial charge on any atom is 0.430 e. The SMILES string of the molecule is O=C(N1CCC(c2ccc(C(OCc3c(F)cccc3F)(C(F)(F)F)C(F)(F)F)cc2)(S(=O)(=O)c2ccc(F)cc2)C1)C1(O)CCNCC1. The Kier molecular flexibility index (Phi) is 9.64. The monoisotopic (exact) mass is 724 g/mol. The van der Waals surface area contributed by atoms with Crippen LogP contribution in [0.15, 0.2) is 71.6 Å². The van der Waals surface area contributed by atoms with Crippen molar-refractivity contribution in [2.24, 2.45) is 0 Å². The fourth-order valence-electron chi connectivity index (χ4n) is 6.35. The number of benzene rings is 3. The van der Waals surface area contributed by atoms with Gasteiger partial charge in [0.25, 0.3) is 11.5 Å². The number of aliphatic hydroxyl groups is 1. The van der Waals surface area contributed by atoms with Crippen molar-refractivity contribution >= 4 is 15.7 Å². The Hall–Kier alpha value is -3.67. The molecule has 0 spiro atoms. The molecule has 0 radical (unpaired) electrons. The molecule has 17 heteroatoms. The van der Waals surface area contributed by atoms with Crippen LogP contribution < -0.4 is 5.32 Å². The van der Waals surface area contributed by atoms with Gasteiger partial charge in [0.15, 0.2) is 9.84 Å². The lowest BCUT2D eigenvalue weighted by atomic mass is 9.88. The minimum atomic E-state index is -6.24. The predicted octanol–water partition coefficient (Wildman–Crippen LogP) is 5.66. The minimum Gasteiger partial charge on any atom is -0.380 e. The zero-order chi connectivity index (χ0) is 36.0. The van der Waals surface area contributed by atoms with E-state index in [4.69, 9.17) is 0 Å². The number of ether oxygens (including phenoxy) is 1. The van der Waals surface area contributed by atoms with Gasteiger partial charge in [0.2, 0.25) is 0 Å². The molecule has 1 unspecified atom stereocenters. The van der Waals surface area contributed by atoms with Crippen molar-refractivity contribution in [3.63, 3.8) is 0 Å². The van der Waals surface area contributed by atoms with Gasteiger partial charge in [0.1, 0.15) is 27.8 Å². The molecule has 5 rings (SSSR count). The zero-order valence-electron chi connectivity index (χ0n) is 25.3. The maximum absolute atomic E-state index is 14.5. The van der Waals surface area contributed by atoms with E-state index in [1.165, 1.54) is 0 Å². The number of nitrogens with zero attached hydrogens (tertiary/aromatic N) is 1. The van der Waals surface area contributed by atoms with E-state index in [1.54, 1.807) is 0 Å². The Labute approximate surface area is 274 Å². The number of hydrogen-bond donors (Lipinski definition) is 2. The van der Waals surface area contributed by atoms with Crippen LogP contribution in [0.4, 0.5) is 39.5 Å². The van der Waals surface area contributed by atoms with Gasteiger partial charge >= 0.3 is 12.4 Å². The average molecular weight is 725 g/mol. The van der Waals surface area contributed by atoms with Gasteiger partial charge in [-0.15, -0.1) is 0 Å². The summed E-state index contributed by atoms with van der Waals surface area (Å²) in [4.78, 5) is 14.1. The number of sulfone groups is 1. The number of carbonyl (C=O) groups excluding carboxylic acids is 1. The van der Waals surface area contributed by atoms with Gasteiger partial charge in [-0.1, -0.05) is 30.3 Å². The standard InChI is InChI=1S/C32H29F9N2O5S/c33-22-8-10-23(11-9-22)49(46,47)29(14-17-43(19-29)27(44)28(45)12-15-42-16-13-28)20-4-6-21(7-5-20)30(31(36,37)38,32(39,40)41)48-18-24-25(34)2-1-3-26(24)35/h1-11,42,45H,12-19H2.